The number of benzene rings is 2. The second-order valence-electron chi connectivity index (χ2n) is 4.35. The molecule has 3 heteroatoms. The van der Waals surface area contributed by atoms with Crippen LogP contribution in [0.15, 0.2) is 54.6 Å². The Bertz CT molecular complexity index is 539. The molecule has 19 heavy (non-hydrogen) atoms. The lowest BCUT2D eigenvalue weighted by atomic mass is 10.1. The molecular weight excluding hydrogens is 241 g/mol. The van der Waals surface area contributed by atoms with Gasteiger partial charge in [0.15, 0.2) is 5.78 Å². The molecule has 2 nitrogen and oxygen atoms in total. The summed E-state index contributed by atoms with van der Waals surface area (Å²) < 4.78 is 13.0. The Kier molecular flexibility index (Phi) is 4.81. The van der Waals surface area contributed by atoms with Crippen molar-refractivity contribution in [2.45, 2.75) is 6.42 Å². The Morgan fingerprint density at radius 2 is 1.84 bits per heavy atom. The summed E-state index contributed by atoms with van der Waals surface area (Å²) in [7, 11) is 0. The van der Waals surface area contributed by atoms with Crippen molar-refractivity contribution in [3.8, 4) is 0 Å². The molecule has 2 aromatic carbocycles. The number of carbonyl (C=O) groups is 1. The van der Waals surface area contributed by atoms with Crippen LogP contribution in [0.4, 0.5) is 4.39 Å². The van der Waals surface area contributed by atoms with Gasteiger partial charge < -0.3 is 5.32 Å². The summed E-state index contributed by atoms with van der Waals surface area (Å²) >= 11 is 0. The molecule has 0 saturated carbocycles. The van der Waals surface area contributed by atoms with Gasteiger partial charge >= 0.3 is 0 Å². The first-order chi connectivity index (χ1) is 9.25. The van der Waals surface area contributed by atoms with Crippen LogP contribution in [-0.4, -0.2) is 18.9 Å². The normalized spacial score (nSPS) is 10.4. The van der Waals surface area contributed by atoms with Crippen molar-refractivity contribution in [3.63, 3.8) is 0 Å². The predicted octanol–water partition coefficient (Wildman–Crippen LogP) is 2.84. The Morgan fingerprint density at radius 1 is 1.05 bits per heavy atom. The second-order valence-corrected chi connectivity index (χ2v) is 4.35. The minimum absolute atomic E-state index is 0.0902. The fourth-order valence-electron chi connectivity index (χ4n) is 1.84. The van der Waals surface area contributed by atoms with Crippen molar-refractivity contribution >= 4 is 5.78 Å². The lowest BCUT2D eigenvalue weighted by molar-refractivity contribution is 0.0991. The van der Waals surface area contributed by atoms with Gasteiger partial charge in [0.2, 0.25) is 0 Å². The predicted molar refractivity (Wildman–Crippen MR) is 73.7 cm³/mol. The molecule has 0 bridgehead atoms. The Balaban J connectivity index is 1.75. The molecule has 0 aliphatic carbocycles. The fourth-order valence-corrected chi connectivity index (χ4v) is 1.84. The van der Waals surface area contributed by atoms with E-state index >= 15 is 0 Å². The fraction of sp³-hybridized carbons (Fsp3) is 0.188. The van der Waals surface area contributed by atoms with Gasteiger partial charge in [-0.3, -0.25) is 4.79 Å². The Labute approximate surface area is 112 Å². The first kappa shape index (κ1) is 13.4. The van der Waals surface area contributed by atoms with Crippen molar-refractivity contribution in [2.24, 2.45) is 0 Å². The van der Waals surface area contributed by atoms with Crippen LogP contribution in [-0.2, 0) is 6.42 Å². The van der Waals surface area contributed by atoms with Crippen LogP contribution in [0, 0.1) is 5.82 Å². The van der Waals surface area contributed by atoms with Gasteiger partial charge in [0.1, 0.15) is 5.82 Å². The van der Waals surface area contributed by atoms with Crippen LogP contribution in [0.25, 0.3) is 0 Å². The average molecular weight is 257 g/mol. The van der Waals surface area contributed by atoms with E-state index in [4.69, 9.17) is 0 Å². The van der Waals surface area contributed by atoms with E-state index in [0.29, 0.717) is 5.56 Å². The molecule has 0 amide bonds. The molecule has 2 aromatic rings. The van der Waals surface area contributed by atoms with Crippen LogP contribution >= 0.6 is 0 Å². The highest BCUT2D eigenvalue weighted by molar-refractivity contribution is 5.97. The third-order valence-electron chi connectivity index (χ3n) is 2.87. The highest BCUT2D eigenvalue weighted by Gasteiger charge is 2.05. The first-order valence-corrected chi connectivity index (χ1v) is 6.29. The summed E-state index contributed by atoms with van der Waals surface area (Å²) in [5.74, 6) is -0.470. The maximum absolute atomic E-state index is 13.0. The number of halogens is 1. The highest BCUT2D eigenvalue weighted by Crippen LogP contribution is 2.04. The van der Waals surface area contributed by atoms with Gasteiger partial charge in [-0.15, -0.1) is 0 Å². The zero-order valence-corrected chi connectivity index (χ0v) is 10.6. The minimum Gasteiger partial charge on any atom is -0.309 e. The molecule has 0 fully saturated rings. The molecule has 0 radical (unpaired) electrons. The van der Waals surface area contributed by atoms with Crippen LogP contribution in [0.1, 0.15) is 15.9 Å². The van der Waals surface area contributed by atoms with Crippen molar-refractivity contribution < 1.29 is 9.18 Å². The summed E-state index contributed by atoms with van der Waals surface area (Å²) in [6, 6.07) is 15.8. The van der Waals surface area contributed by atoms with Crippen molar-refractivity contribution in [1.29, 1.82) is 0 Å². The van der Waals surface area contributed by atoms with Gasteiger partial charge in [-0.25, -0.2) is 4.39 Å². The Morgan fingerprint density at radius 3 is 2.58 bits per heavy atom. The summed E-state index contributed by atoms with van der Waals surface area (Å²) in [5, 5.41) is 3.08. The zero-order valence-electron chi connectivity index (χ0n) is 10.6. The van der Waals surface area contributed by atoms with Gasteiger partial charge in [-0.2, -0.15) is 0 Å². The molecule has 2 rings (SSSR count). The summed E-state index contributed by atoms with van der Waals surface area (Å²) in [5.41, 5.74) is 1.64. The maximum atomic E-state index is 13.0. The number of rotatable bonds is 6. The van der Waals surface area contributed by atoms with E-state index in [1.165, 1.54) is 17.7 Å². The third kappa shape index (κ3) is 4.30. The van der Waals surface area contributed by atoms with E-state index in [9.17, 15) is 9.18 Å². The summed E-state index contributed by atoms with van der Waals surface area (Å²) in [6.45, 7) is 0.960. The molecular formula is C16H16FNO. The first-order valence-electron chi connectivity index (χ1n) is 6.29. The SMILES string of the molecule is O=C(CNCCc1ccccc1)c1cccc(F)c1. The zero-order chi connectivity index (χ0) is 13.5. The van der Waals surface area contributed by atoms with Crippen molar-refractivity contribution in [3.05, 3.63) is 71.5 Å². The van der Waals surface area contributed by atoms with E-state index in [1.54, 1.807) is 12.1 Å². The molecule has 98 valence electrons. The smallest absolute Gasteiger partial charge is 0.176 e. The van der Waals surface area contributed by atoms with Gasteiger partial charge in [-0.05, 0) is 30.7 Å². The van der Waals surface area contributed by atoms with E-state index in [1.807, 2.05) is 18.2 Å². The van der Waals surface area contributed by atoms with E-state index in [2.05, 4.69) is 17.4 Å². The Hall–Kier alpha value is -2.00. The van der Waals surface area contributed by atoms with Crippen LogP contribution in [0.2, 0.25) is 0 Å². The van der Waals surface area contributed by atoms with Gasteiger partial charge in [-0.1, -0.05) is 42.5 Å². The highest BCUT2D eigenvalue weighted by atomic mass is 19.1. The maximum Gasteiger partial charge on any atom is 0.176 e. The van der Waals surface area contributed by atoms with Crippen molar-refractivity contribution in [1.82, 2.24) is 5.32 Å². The quantitative estimate of drug-likeness (QED) is 0.637. The van der Waals surface area contributed by atoms with E-state index in [0.717, 1.165) is 13.0 Å². The van der Waals surface area contributed by atoms with Crippen LogP contribution in [0.5, 0.6) is 0 Å². The van der Waals surface area contributed by atoms with Gasteiger partial charge in [0, 0.05) is 5.56 Å². The number of Topliss-reactive ketones (excluding diaryl/α,β-unsaturated/α-hetero) is 1. The number of ketones is 1. The number of carbonyl (C=O) groups excluding carboxylic acids is 1. The average Bonchev–Trinajstić information content (AvgIpc) is 2.44. The molecule has 0 unspecified atom stereocenters. The molecule has 0 heterocycles. The summed E-state index contributed by atoms with van der Waals surface area (Å²) in [6.07, 6.45) is 0.872. The molecule has 0 aliphatic rings. The molecule has 0 aliphatic heterocycles. The van der Waals surface area contributed by atoms with Gasteiger partial charge in [0.25, 0.3) is 0 Å². The topological polar surface area (TPSA) is 29.1 Å². The number of hydrogen-bond acceptors (Lipinski definition) is 2. The van der Waals surface area contributed by atoms with E-state index < -0.39 is 0 Å². The lowest BCUT2D eigenvalue weighted by Gasteiger charge is -2.04. The number of hydrogen-bond donors (Lipinski definition) is 1. The molecule has 1 N–H and O–H groups in total. The van der Waals surface area contributed by atoms with E-state index in [-0.39, 0.29) is 18.1 Å². The lowest BCUT2D eigenvalue weighted by Crippen LogP contribution is -2.25. The second kappa shape index (κ2) is 6.81. The molecule has 0 saturated heterocycles. The third-order valence-corrected chi connectivity index (χ3v) is 2.87. The number of nitrogens with one attached hydrogen (secondary N) is 1. The molecule has 0 atom stereocenters. The summed E-state index contributed by atoms with van der Waals surface area (Å²) in [4.78, 5) is 11.8. The molecule has 0 aromatic heterocycles. The largest absolute Gasteiger partial charge is 0.309 e. The molecule has 0 spiro atoms. The van der Waals surface area contributed by atoms with Gasteiger partial charge in [0.05, 0.1) is 6.54 Å². The van der Waals surface area contributed by atoms with Crippen LogP contribution in [0.3, 0.4) is 0 Å². The standard InChI is InChI=1S/C16H16FNO/c17-15-8-4-7-14(11-15)16(19)12-18-10-9-13-5-2-1-3-6-13/h1-8,11,18H,9-10,12H2. The van der Waals surface area contributed by atoms with Crippen molar-refractivity contribution in [2.75, 3.05) is 13.1 Å². The van der Waals surface area contributed by atoms with Crippen LogP contribution < -0.4 is 5.32 Å². The monoisotopic (exact) mass is 257 g/mol. The minimum atomic E-state index is -0.380.